The average Bonchev–Trinajstić information content (AvgIpc) is 2.84. The highest BCUT2D eigenvalue weighted by atomic mass is 32.1. The Labute approximate surface area is 178 Å². The van der Waals surface area contributed by atoms with Crippen LogP contribution in [0.15, 0.2) is 30.3 Å². The second kappa shape index (κ2) is 7.28. The standard InChI is InChI=1S/C19H13F4N5O2S/c1-18(2)16(30)27(13-6-3-9(8-24)14(26-13)19(21,22)23)17(31)28(18)10-4-5-11(15(25)29)12(20)7-10/h3-7H,1-2H3,(H2,25,29). The van der Waals surface area contributed by atoms with Crippen LogP contribution in [0, 0.1) is 17.1 Å². The molecule has 7 nitrogen and oxygen atoms in total. The molecule has 2 amide bonds. The number of hydrogen-bond donors (Lipinski definition) is 1. The lowest BCUT2D eigenvalue weighted by Crippen LogP contribution is -2.44. The zero-order valence-corrected chi connectivity index (χ0v) is 16.8. The van der Waals surface area contributed by atoms with Gasteiger partial charge in [0.15, 0.2) is 10.8 Å². The molecule has 1 aromatic carbocycles. The molecule has 0 unspecified atom stereocenters. The minimum absolute atomic E-state index is 0.0815. The predicted octanol–water partition coefficient (Wildman–Crippen LogP) is 3.13. The molecule has 0 aliphatic carbocycles. The molecule has 1 aromatic heterocycles. The van der Waals surface area contributed by atoms with Gasteiger partial charge in [-0.3, -0.25) is 9.59 Å². The predicted molar refractivity (Wildman–Crippen MR) is 106 cm³/mol. The van der Waals surface area contributed by atoms with Crippen LogP contribution in [0.2, 0.25) is 0 Å². The molecule has 1 fully saturated rings. The number of primary amides is 1. The normalized spacial score (nSPS) is 15.9. The van der Waals surface area contributed by atoms with Crippen LogP contribution in [0.1, 0.15) is 35.5 Å². The van der Waals surface area contributed by atoms with Gasteiger partial charge in [-0.05, 0) is 56.4 Å². The number of benzene rings is 1. The van der Waals surface area contributed by atoms with E-state index >= 15 is 0 Å². The maximum absolute atomic E-state index is 14.3. The van der Waals surface area contributed by atoms with E-state index in [1.54, 1.807) is 0 Å². The number of halogens is 4. The number of pyridine rings is 1. The van der Waals surface area contributed by atoms with Crippen molar-refractivity contribution in [2.75, 3.05) is 9.80 Å². The zero-order chi connectivity index (χ0) is 23.3. The molecule has 0 spiro atoms. The Morgan fingerprint density at radius 1 is 1.26 bits per heavy atom. The summed E-state index contributed by atoms with van der Waals surface area (Å²) in [4.78, 5) is 29.8. The van der Waals surface area contributed by atoms with Gasteiger partial charge in [-0.1, -0.05) is 0 Å². The van der Waals surface area contributed by atoms with Crippen LogP contribution in [0.3, 0.4) is 0 Å². The van der Waals surface area contributed by atoms with Gasteiger partial charge in [0.2, 0.25) is 0 Å². The molecule has 1 saturated heterocycles. The lowest BCUT2D eigenvalue weighted by atomic mass is 10.0. The van der Waals surface area contributed by atoms with Crippen LogP contribution in [0.4, 0.5) is 29.1 Å². The van der Waals surface area contributed by atoms with Crippen LogP contribution in [0.5, 0.6) is 0 Å². The van der Waals surface area contributed by atoms with Crippen LogP contribution in [-0.4, -0.2) is 27.4 Å². The summed E-state index contributed by atoms with van der Waals surface area (Å²) in [6.45, 7) is 2.88. The molecule has 1 aliphatic heterocycles. The van der Waals surface area contributed by atoms with E-state index in [1.165, 1.54) is 30.9 Å². The number of aromatic nitrogens is 1. The molecular weight excluding hydrogens is 438 g/mol. The third-order valence-electron chi connectivity index (χ3n) is 4.64. The number of alkyl halides is 3. The van der Waals surface area contributed by atoms with E-state index in [-0.39, 0.29) is 16.4 Å². The third kappa shape index (κ3) is 3.57. The number of nitriles is 1. The maximum Gasteiger partial charge on any atom is 0.434 e. The lowest BCUT2D eigenvalue weighted by Gasteiger charge is -2.29. The molecule has 2 heterocycles. The van der Waals surface area contributed by atoms with Gasteiger partial charge in [0.1, 0.15) is 23.2 Å². The number of thiocarbonyl (C=S) groups is 1. The number of rotatable bonds is 3. The first-order valence-corrected chi connectivity index (χ1v) is 8.98. The van der Waals surface area contributed by atoms with Gasteiger partial charge >= 0.3 is 6.18 Å². The van der Waals surface area contributed by atoms with Gasteiger partial charge in [0, 0.05) is 5.69 Å². The molecule has 0 atom stereocenters. The Kier molecular flexibility index (Phi) is 5.19. The summed E-state index contributed by atoms with van der Waals surface area (Å²) >= 11 is 5.31. The number of nitrogens with zero attached hydrogens (tertiary/aromatic N) is 4. The Bertz CT molecular complexity index is 1170. The second-order valence-electron chi connectivity index (χ2n) is 7.02. The number of carbonyl (C=O) groups excluding carboxylic acids is 2. The van der Waals surface area contributed by atoms with E-state index in [0.717, 1.165) is 29.2 Å². The summed E-state index contributed by atoms with van der Waals surface area (Å²) in [6, 6.07) is 6.72. The Morgan fingerprint density at radius 2 is 1.90 bits per heavy atom. The summed E-state index contributed by atoms with van der Waals surface area (Å²) in [5.74, 6) is -3.11. The number of nitrogens with two attached hydrogens (primary N) is 1. The molecular formula is C19H13F4N5O2S. The molecule has 160 valence electrons. The van der Waals surface area contributed by atoms with E-state index in [0.29, 0.717) is 0 Å². The van der Waals surface area contributed by atoms with Crippen LogP contribution < -0.4 is 15.5 Å². The number of anilines is 2. The molecule has 0 bridgehead atoms. The maximum atomic E-state index is 14.3. The first-order valence-electron chi connectivity index (χ1n) is 8.57. The highest BCUT2D eigenvalue weighted by Crippen LogP contribution is 2.38. The van der Waals surface area contributed by atoms with Crippen molar-refractivity contribution in [2.45, 2.75) is 25.6 Å². The summed E-state index contributed by atoms with van der Waals surface area (Å²) in [5.41, 5.74) is 1.19. The van der Waals surface area contributed by atoms with E-state index in [9.17, 15) is 27.2 Å². The molecule has 2 N–H and O–H groups in total. The number of hydrogen-bond acceptors (Lipinski definition) is 5. The van der Waals surface area contributed by atoms with Crippen LogP contribution in [0.25, 0.3) is 0 Å². The molecule has 3 rings (SSSR count). The van der Waals surface area contributed by atoms with Gasteiger partial charge < -0.3 is 10.6 Å². The van der Waals surface area contributed by atoms with Crippen molar-refractivity contribution >= 4 is 40.6 Å². The lowest BCUT2D eigenvalue weighted by molar-refractivity contribution is -0.141. The van der Waals surface area contributed by atoms with Crippen molar-refractivity contribution in [1.82, 2.24) is 4.98 Å². The fraction of sp³-hybridized carbons (Fsp3) is 0.211. The van der Waals surface area contributed by atoms with Crippen LogP contribution >= 0.6 is 12.2 Å². The van der Waals surface area contributed by atoms with Gasteiger partial charge in [-0.2, -0.15) is 18.4 Å². The topological polar surface area (TPSA) is 103 Å². The van der Waals surface area contributed by atoms with Crippen molar-refractivity contribution in [1.29, 1.82) is 5.26 Å². The average molecular weight is 451 g/mol. The smallest absolute Gasteiger partial charge is 0.366 e. The summed E-state index contributed by atoms with van der Waals surface area (Å²) in [5, 5.41) is 8.67. The Hall–Kier alpha value is -3.59. The minimum Gasteiger partial charge on any atom is -0.366 e. The highest BCUT2D eigenvalue weighted by molar-refractivity contribution is 7.81. The van der Waals surface area contributed by atoms with Gasteiger partial charge in [-0.25, -0.2) is 14.3 Å². The SMILES string of the molecule is CC1(C)C(=O)N(c2ccc(C#N)c(C(F)(F)F)n2)C(=S)N1c1ccc(C(N)=O)c(F)c1. The monoisotopic (exact) mass is 451 g/mol. The van der Waals surface area contributed by atoms with Gasteiger partial charge in [-0.15, -0.1) is 0 Å². The van der Waals surface area contributed by atoms with Crippen molar-refractivity contribution in [2.24, 2.45) is 5.73 Å². The van der Waals surface area contributed by atoms with Crippen molar-refractivity contribution in [3.05, 3.63) is 53.0 Å². The highest BCUT2D eigenvalue weighted by Gasteiger charge is 2.51. The van der Waals surface area contributed by atoms with E-state index in [2.05, 4.69) is 4.98 Å². The molecule has 0 saturated carbocycles. The Balaban J connectivity index is 2.12. The van der Waals surface area contributed by atoms with E-state index in [4.69, 9.17) is 23.2 Å². The first kappa shape index (κ1) is 22.1. The second-order valence-corrected chi connectivity index (χ2v) is 7.39. The van der Waals surface area contributed by atoms with Crippen molar-refractivity contribution < 1.29 is 27.2 Å². The fourth-order valence-corrected chi connectivity index (χ4v) is 3.66. The van der Waals surface area contributed by atoms with E-state index in [1.807, 2.05) is 0 Å². The molecule has 0 radical (unpaired) electrons. The van der Waals surface area contributed by atoms with E-state index < -0.39 is 46.4 Å². The molecule has 12 heteroatoms. The Morgan fingerprint density at radius 3 is 2.42 bits per heavy atom. The zero-order valence-electron chi connectivity index (χ0n) is 16.0. The summed E-state index contributed by atoms with van der Waals surface area (Å²) < 4.78 is 54.2. The summed E-state index contributed by atoms with van der Waals surface area (Å²) in [7, 11) is 0. The number of carbonyl (C=O) groups is 2. The molecule has 1 aliphatic rings. The minimum atomic E-state index is -4.94. The largest absolute Gasteiger partial charge is 0.434 e. The molecule has 31 heavy (non-hydrogen) atoms. The molecule has 2 aromatic rings. The first-order chi connectivity index (χ1) is 14.3. The van der Waals surface area contributed by atoms with Gasteiger partial charge in [0.25, 0.3) is 11.8 Å². The van der Waals surface area contributed by atoms with Crippen molar-refractivity contribution in [3.8, 4) is 6.07 Å². The van der Waals surface area contributed by atoms with Crippen molar-refractivity contribution in [3.63, 3.8) is 0 Å². The number of amides is 2. The fourth-order valence-electron chi connectivity index (χ4n) is 3.15. The summed E-state index contributed by atoms with van der Waals surface area (Å²) in [6.07, 6.45) is -4.94. The quantitative estimate of drug-likeness (QED) is 0.568. The third-order valence-corrected chi connectivity index (χ3v) is 5.01. The van der Waals surface area contributed by atoms with Crippen LogP contribution in [-0.2, 0) is 11.0 Å². The van der Waals surface area contributed by atoms with Gasteiger partial charge in [0.05, 0.1) is 11.1 Å².